The Morgan fingerprint density at radius 1 is 1.14 bits per heavy atom. The molecule has 2 aliphatic heterocycles. The number of aliphatic imine (C=N–C) groups is 1. The van der Waals surface area contributed by atoms with Gasteiger partial charge < -0.3 is 24.4 Å². The van der Waals surface area contributed by atoms with Crippen LogP contribution in [-0.2, 0) is 11.3 Å². The summed E-state index contributed by atoms with van der Waals surface area (Å²) < 4.78 is 16.3. The minimum atomic E-state index is 0. The summed E-state index contributed by atoms with van der Waals surface area (Å²) in [6, 6.07) is 6.23. The molecule has 0 amide bonds. The number of rotatable bonds is 8. The Bertz CT molecular complexity index is 621. The van der Waals surface area contributed by atoms with Crippen LogP contribution in [0.25, 0.3) is 0 Å². The Balaban J connectivity index is 0.00000280. The second kappa shape index (κ2) is 12.3. The minimum absolute atomic E-state index is 0. The maximum atomic E-state index is 5.48. The van der Waals surface area contributed by atoms with Gasteiger partial charge in [0.2, 0.25) is 6.79 Å². The number of hydrogen-bond donors (Lipinski definition) is 1. The number of piperazine rings is 1. The molecule has 7 nitrogen and oxygen atoms in total. The number of guanidine groups is 1. The van der Waals surface area contributed by atoms with Crippen molar-refractivity contribution in [2.24, 2.45) is 4.99 Å². The largest absolute Gasteiger partial charge is 0.454 e. The van der Waals surface area contributed by atoms with Crippen molar-refractivity contribution in [3.63, 3.8) is 0 Å². The molecular formula is C20H33IN4O3. The van der Waals surface area contributed by atoms with Gasteiger partial charge in [0.1, 0.15) is 0 Å². The molecule has 0 spiro atoms. The number of nitrogens with zero attached hydrogens (tertiary/aromatic N) is 3. The lowest BCUT2D eigenvalue weighted by Gasteiger charge is -2.36. The molecule has 0 bridgehead atoms. The third kappa shape index (κ3) is 6.66. The smallest absolute Gasteiger partial charge is 0.231 e. The van der Waals surface area contributed by atoms with Crippen molar-refractivity contribution < 1.29 is 14.2 Å². The van der Waals surface area contributed by atoms with E-state index < -0.39 is 0 Å². The van der Waals surface area contributed by atoms with Crippen molar-refractivity contribution >= 4 is 29.9 Å². The maximum absolute atomic E-state index is 5.48. The molecule has 2 heterocycles. The number of hydrogen-bond acceptors (Lipinski definition) is 5. The van der Waals surface area contributed by atoms with Gasteiger partial charge in [-0.3, -0.25) is 9.89 Å². The first-order valence-electron chi connectivity index (χ1n) is 10.0. The summed E-state index contributed by atoms with van der Waals surface area (Å²) in [4.78, 5) is 9.60. The van der Waals surface area contributed by atoms with Gasteiger partial charge in [-0.15, -0.1) is 24.0 Å². The Kier molecular flexibility index (Phi) is 10.1. The SMILES string of the molecule is CCNC(=NCCCOCC)N1CCN(Cc2ccc3c(c2)OCO3)CC1.I. The lowest BCUT2D eigenvalue weighted by atomic mass is 10.1. The molecule has 0 radical (unpaired) electrons. The predicted molar refractivity (Wildman–Crippen MR) is 122 cm³/mol. The Labute approximate surface area is 185 Å². The molecule has 0 atom stereocenters. The van der Waals surface area contributed by atoms with Crippen molar-refractivity contribution in [1.82, 2.24) is 15.1 Å². The highest BCUT2D eigenvalue weighted by Crippen LogP contribution is 2.32. The molecule has 0 aromatic heterocycles. The van der Waals surface area contributed by atoms with Gasteiger partial charge in [-0.1, -0.05) is 6.07 Å². The monoisotopic (exact) mass is 504 g/mol. The molecule has 1 aromatic rings. The lowest BCUT2D eigenvalue weighted by Crippen LogP contribution is -2.52. The zero-order chi connectivity index (χ0) is 18.9. The van der Waals surface area contributed by atoms with Gasteiger partial charge >= 0.3 is 0 Å². The van der Waals surface area contributed by atoms with Gasteiger partial charge in [-0.25, -0.2) is 0 Å². The summed E-state index contributed by atoms with van der Waals surface area (Å²) in [7, 11) is 0. The Hall–Kier alpha value is -1.26. The zero-order valence-corrected chi connectivity index (χ0v) is 19.3. The zero-order valence-electron chi connectivity index (χ0n) is 17.0. The van der Waals surface area contributed by atoms with Crippen LogP contribution in [0.3, 0.4) is 0 Å². The van der Waals surface area contributed by atoms with E-state index in [4.69, 9.17) is 19.2 Å². The Morgan fingerprint density at radius 3 is 2.68 bits per heavy atom. The van der Waals surface area contributed by atoms with Crippen molar-refractivity contribution in [2.45, 2.75) is 26.8 Å². The summed E-state index contributed by atoms with van der Waals surface area (Å²) in [6.07, 6.45) is 0.965. The first-order valence-corrected chi connectivity index (χ1v) is 10.0. The highest BCUT2D eigenvalue weighted by atomic mass is 127. The van der Waals surface area contributed by atoms with Gasteiger partial charge in [0.05, 0.1) is 0 Å². The Morgan fingerprint density at radius 2 is 1.93 bits per heavy atom. The molecule has 158 valence electrons. The van der Waals surface area contributed by atoms with E-state index in [2.05, 4.69) is 34.2 Å². The number of halogens is 1. The van der Waals surface area contributed by atoms with E-state index in [1.54, 1.807) is 0 Å². The van der Waals surface area contributed by atoms with E-state index in [-0.39, 0.29) is 24.0 Å². The van der Waals surface area contributed by atoms with Crippen LogP contribution in [0.5, 0.6) is 11.5 Å². The molecule has 0 unspecified atom stereocenters. The summed E-state index contributed by atoms with van der Waals surface area (Å²) >= 11 is 0. The molecule has 2 aliphatic rings. The molecule has 28 heavy (non-hydrogen) atoms. The quantitative estimate of drug-likeness (QED) is 0.254. The highest BCUT2D eigenvalue weighted by molar-refractivity contribution is 14.0. The number of fused-ring (bicyclic) bond motifs is 1. The van der Waals surface area contributed by atoms with Crippen LogP contribution in [0.15, 0.2) is 23.2 Å². The molecule has 0 saturated carbocycles. The fraction of sp³-hybridized carbons (Fsp3) is 0.650. The van der Waals surface area contributed by atoms with Crippen LogP contribution < -0.4 is 14.8 Å². The molecule has 1 saturated heterocycles. The third-order valence-electron chi connectivity index (χ3n) is 4.76. The molecule has 8 heteroatoms. The van der Waals surface area contributed by atoms with Crippen molar-refractivity contribution in [2.75, 3.05) is 59.3 Å². The minimum Gasteiger partial charge on any atom is -0.454 e. The molecule has 3 rings (SSSR count). The van der Waals surface area contributed by atoms with Crippen LogP contribution >= 0.6 is 24.0 Å². The molecule has 1 fully saturated rings. The van der Waals surface area contributed by atoms with E-state index in [0.717, 1.165) is 82.9 Å². The van der Waals surface area contributed by atoms with E-state index in [9.17, 15) is 0 Å². The summed E-state index contributed by atoms with van der Waals surface area (Å²) in [6.45, 7) is 12.7. The van der Waals surface area contributed by atoms with E-state index in [1.807, 2.05) is 13.0 Å². The lowest BCUT2D eigenvalue weighted by molar-refractivity contribution is 0.146. The van der Waals surface area contributed by atoms with Gasteiger partial charge in [0, 0.05) is 59.0 Å². The molecular weight excluding hydrogens is 471 g/mol. The average Bonchev–Trinajstić information content (AvgIpc) is 3.15. The average molecular weight is 504 g/mol. The van der Waals surface area contributed by atoms with Crippen LogP contribution in [0, 0.1) is 0 Å². The van der Waals surface area contributed by atoms with Crippen LogP contribution in [0.1, 0.15) is 25.8 Å². The fourth-order valence-corrected chi connectivity index (χ4v) is 3.34. The van der Waals surface area contributed by atoms with Gasteiger partial charge in [0.25, 0.3) is 0 Å². The summed E-state index contributed by atoms with van der Waals surface area (Å²) in [5.74, 6) is 2.73. The van der Waals surface area contributed by atoms with E-state index in [0.29, 0.717) is 6.79 Å². The molecule has 1 aromatic carbocycles. The topological polar surface area (TPSA) is 58.6 Å². The molecule has 1 N–H and O–H groups in total. The normalized spacial score (nSPS) is 16.8. The van der Waals surface area contributed by atoms with Gasteiger partial charge in [-0.05, 0) is 38.0 Å². The number of ether oxygens (including phenoxy) is 3. The van der Waals surface area contributed by atoms with Crippen molar-refractivity contribution in [1.29, 1.82) is 0 Å². The first kappa shape index (κ1) is 23.0. The molecule has 0 aliphatic carbocycles. The number of benzene rings is 1. The highest BCUT2D eigenvalue weighted by Gasteiger charge is 2.20. The van der Waals surface area contributed by atoms with Gasteiger partial charge in [0.15, 0.2) is 17.5 Å². The fourth-order valence-electron chi connectivity index (χ4n) is 3.34. The van der Waals surface area contributed by atoms with Crippen LogP contribution in [-0.4, -0.2) is 75.0 Å². The summed E-state index contributed by atoms with van der Waals surface area (Å²) in [5, 5.41) is 3.42. The predicted octanol–water partition coefficient (Wildman–Crippen LogP) is 2.54. The first-order chi connectivity index (χ1) is 13.3. The van der Waals surface area contributed by atoms with E-state index >= 15 is 0 Å². The second-order valence-electron chi connectivity index (χ2n) is 6.74. The van der Waals surface area contributed by atoms with E-state index in [1.165, 1.54) is 5.56 Å². The third-order valence-corrected chi connectivity index (χ3v) is 4.76. The summed E-state index contributed by atoms with van der Waals surface area (Å²) in [5.41, 5.74) is 1.27. The van der Waals surface area contributed by atoms with Crippen LogP contribution in [0.2, 0.25) is 0 Å². The van der Waals surface area contributed by atoms with Gasteiger partial charge in [-0.2, -0.15) is 0 Å². The van der Waals surface area contributed by atoms with Crippen LogP contribution in [0.4, 0.5) is 0 Å². The van der Waals surface area contributed by atoms with Crippen molar-refractivity contribution in [3.05, 3.63) is 23.8 Å². The van der Waals surface area contributed by atoms with Crippen molar-refractivity contribution in [3.8, 4) is 11.5 Å². The maximum Gasteiger partial charge on any atom is 0.231 e. The second-order valence-corrected chi connectivity index (χ2v) is 6.74. The standard InChI is InChI=1S/C20H32N4O3.HI/c1-3-21-20(22-8-5-13-25-4-2)24-11-9-23(10-12-24)15-17-6-7-18-19(14-17)27-16-26-18;/h6-7,14H,3-5,8-13,15-16H2,1-2H3,(H,21,22);1H. The number of nitrogens with one attached hydrogen (secondary N) is 1.